The van der Waals surface area contributed by atoms with Crippen LogP contribution in [0.5, 0.6) is 0 Å². The number of nitrogens with zero attached hydrogens (tertiary/aromatic N) is 2. The highest BCUT2D eigenvalue weighted by atomic mass is 32.2. The van der Waals surface area contributed by atoms with Crippen LogP contribution in [-0.4, -0.2) is 34.8 Å². The molecule has 1 aromatic carbocycles. The second kappa shape index (κ2) is 7.56. The lowest BCUT2D eigenvalue weighted by molar-refractivity contribution is -0.130. The summed E-state index contributed by atoms with van der Waals surface area (Å²) >= 11 is 1.56. The van der Waals surface area contributed by atoms with E-state index in [1.165, 1.54) is 6.07 Å². The summed E-state index contributed by atoms with van der Waals surface area (Å²) in [5.74, 6) is 0.528. The van der Waals surface area contributed by atoms with Crippen molar-refractivity contribution in [3.63, 3.8) is 0 Å². The number of rotatable bonds is 3. The molecule has 1 atom stereocenters. The minimum atomic E-state index is -0.437. The number of aromatic nitrogens is 1. The summed E-state index contributed by atoms with van der Waals surface area (Å²) in [7, 11) is 0. The SMILES string of the molecule is Cc1noc(C)c1CC(=O)N1CCSC(c2cc(F)ccc2F)CC1. The van der Waals surface area contributed by atoms with Crippen molar-refractivity contribution < 1.29 is 18.1 Å². The zero-order chi connectivity index (χ0) is 18.0. The lowest BCUT2D eigenvalue weighted by Gasteiger charge is -2.20. The number of benzene rings is 1. The molecule has 1 aliphatic rings. The van der Waals surface area contributed by atoms with Gasteiger partial charge in [0.05, 0.1) is 12.1 Å². The van der Waals surface area contributed by atoms with Crippen LogP contribution in [0.25, 0.3) is 0 Å². The summed E-state index contributed by atoms with van der Waals surface area (Å²) in [6.07, 6.45) is 0.850. The van der Waals surface area contributed by atoms with Crippen molar-refractivity contribution >= 4 is 17.7 Å². The number of thioether (sulfide) groups is 1. The van der Waals surface area contributed by atoms with Gasteiger partial charge in [0.2, 0.25) is 5.91 Å². The van der Waals surface area contributed by atoms with Crippen LogP contribution in [0, 0.1) is 25.5 Å². The van der Waals surface area contributed by atoms with Gasteiger partial charge in [-0.05, 0) is 38.5 Å². The third-order valence-electron chi connectivity index (χ3n) is 4.51. The van der Waals surface area contributed by atoms with Gasteiger partial charge in [-0.25, -0.2) is 8.78 Å². The van der Waals surface area contributed by atoms with Crippen LogP contribution in [0.2, 0.25) is 0 Å². The summed E-state index contributed by atoms with van der Waals surface area (Å²) in [5.41, 5.74) is 1.94. The zero-order valence-corrected chi connectivity index (χ0v) is 15.0. The van der Waals surface area contributed by atoms with Gasteiger partial charge in [0.15, 0.2) is 0 Å². The molecule has 2 heterocycles. The van der Waals surface area contributed by atoms with Crippen LogP contribution < -0.4 is 0 Å². The smallest absolute Gasteiger partial charge is 0.227 e. The molecule has 0 bridgehead atoms. The van der Waals surface area contributed by atoms with E-state index in [0.717, 1.165) is 23.4 Å². The molecule has 1 amide bonds. The Labute approximate surface area is 149 Å². The van der Waals surface area contributed by atoms with Gasteiger partial charge in [-0.15, -0.1) is 0 Å². The Kier molecular flexibility index (Phi) is 5.42. The summed E-state index contributed by atoms with van der Waals surface area (Å²) in [6, 6.07) is 3.55. The number of hydrogen-bond donors (Lipinski definition) is 0. The minimum absolute atomic E-state index is 0.00960. The molecule has 1 aliphatic heterocycles. The molecule has 2 aromatic rings. The molecule has 4 nitrogen and oxygen atoms in total. The number of carbonyl (C=O) groups is 1. The van der Waals surface area contributed by atoms with E-state index in [9.17, 15) is 13.6 Å². The van der Waals surface area contributed by atoms with Crippen LogP contribution in [-0.2, 0) is 11.2 Å². The predicted molar refractivity (Wildman–Crippen MR) is 92.4 cm³/mol. The lowest BCUT2D eigenvalue weighted by atomic mass is 10.1. The highest BCUT2D eigenvalue weighted by molar-refractivity contribution is 7.99. The van der Waals surface area contributed by atoms with Gasteiger partial charge in [-0.3, -0.25) is 4.79 Å². The molecule has 1 saturated heterocycles. The zero-order valence-electron chi connectivity index (χ0n) is 14.2. The van der Waals surface area contributed by atoms with E-state index in [0.29, 0.717) is 36.6 Å². The van der Waals surface area contributed by atoms with Crippen molar-refractivity contribution in [1.82, 2.24) is 10.1 Å². The van der Waals surface area contributed by atoms with E-state index < -0.39 is 11.6 Å². The van der Waals surface area contributed by atoms with Crippen molar-refractivity contribution in [2.45, 2.75) is 31.9 Å². The Hall–Kier alpha value is -1.89. The van der Waals surface area contributed by atoms with Gasteiger partial charge in [-0.1, -0.05) is 5.16 Å². The number of amides is 1. The molecule has 3 rings (SSSR count). The average Bonchev–Trinajstić information content (AvgIpc) is 2.80. The van der Waals surface area contributed by atoms with E-state index in [4.69, 9.17) is 4.52 Å². The molecular formula is C18H20F2N2O2S. The van der Waals surface area contributed by atoms with Crippen molar-refractivity contribution in [2.24, 2.45) is 0 Å². The quantitative estimate of drug-likeness (QED) is 0.829. The number of aryl methyl sites for hydroxylation is 2. The van der Waals surface area contributed by atoms with Gasteiger partial charge >= 0.3 is 0 Å². The Balaban J connectivity index is 1.67. The molecular weight excluding hydrogens is 346 g/mol. The van der Waals surface area contributed by atoms with Crippen LogP contribution in [0.4, 0.5) is 8.78 Å². The third-order valence-corrected chi connectivity index (χ3v) is 5.82. The number of hydrogen-bond acceptors (Lipinski definition) is 4. The Morgan fingerprint density at radius 1 is 1.36 bits per heavy atom. The fourth-order valence-electron chi connectivity index (χ4n) is 3.05. The maximum Gasteiger partial charge on any atom is 0.227 e. The Morgan fingerprint density at radius 3 is 2.88 bits per heavy atom. The van der Waals surface area contributed by atoms with E-state index >= 15 is 0 Å². The predicted octanol–water partition coefficient (Wildman–Crippen LogP) is 3.82. The molecule has 1 aromatic heterocycles. The molecule has 0 aliphatic carbocycles. The average molecular weight is 366 g/mol. The van der Waals surface area contributed by atoms with Crippen LogP contribution in [0.1, 0.15) is 34.3 Å². The monoisotopic (exact) mass is 366 g/mol. The molecule has 7 heteroatoms. The Bertz CT molecular complexity index is 759. The van der Waals surface area contributed by atoms with Gasteiger partial charge in [0.1, 0.15) is 17.4 Å². The lowest BCUT2D eigenvalue weighted by Crippen LogP contribution is -2.34. The molecule has 1 unspecified atom stereocenters. The van der Waals surface area contributed by atoms with E-state index in [1.54, 1.807) is 23.6 Å². The van der Waals surface area contributed by atoms with Gasteiger partial charge in [0, 0.05) is 35.2 Å². The third kappa shape index (κ3) is 4.03. The van der Waals surface area contributed by atoms with Gasteiger partial charge in [-0.2, -0.15) is 11.8 Å². The molecule has 134 valence electrons. The first kappa shape index (κ1) is 17.9. The summed E-state index contributed by atoms with van der Waals surface area (Å²) < 4.78 is 32.6. The standard InChI is InChI=1S/C18H20F2N2O2S/c1-11-14(12(2)24-21-11)10-18(23)22-6-5-17(25-8-7-22)15-9-13(19)3-4-16(15)20/h3-4,9,17H,5-8,10H2,1-2H3. The Morgan fingerprint density at radius 2 is 2.16 bits per heavy atom. The summed E-state index contributed by atoms with van der Waals surface area (Å²) in [4.78, 5) is 14.4. The molecule has 0 radical (unpaired) electrons. The second-order valence-corrected chi connectivity index (χ2v) is 7.48. The fraction of sp³-hybridized carbons (Fsp3) is 0.444. The topological polar surface area (TPSA) is 46.3 Å². The number of halogens is 2. The highest BCUT2D eigenvalue weighted by Crippen LogP contribution is 2.36. The highest BCUT2D eigenvalue weighted by Gasteiger charge is 2.25. The molecule has 0 saturated carbocycles. The number of carbonyl (C=O) groups excluding carboxylic acids is 1. The molecule has 0 spiro atoms. The van der Waals surface area contributed by atoms with E-state index in [-0.39, 0.29) is 17.6 Å². The van der Waals surface area contributed by atoms with Crippen molar-refractivity contribution in [1.29, 1.82) is 0 Å². The molecule has 1 fully saturated rings. The first-order valence-corrected chi connectivity index (χ1v) is 9.26. The normalized spacial score (nSPS) is 18.2. The molecule has 25 heavy (non-hydrogen) atoms. The second-order valence-electron chi connectivity index (χ2n) is 6.17. The maximum atomic E-state index is 14.0. The maximum absolute atomic E-state index is 14.0. The molecule has 0 N–H and O–H groups in total. The van der Waals surface area contributed by atoms with Gasteiger partial charge in [0.25, 0.3) is 0 Å². The van der Waals surface area contributed by atoms with Crippen molar-refractivity contribution in [3.8, 4) is 0 Å². The van der Waals surface area contributed by atoms with Crippen LogP contribution in [0.3, 0.4) is 0 Å². The largest absolute Gasteiger partial charge is 0.361 e. The summed E-state index contributed by atoms with van der Waals surface area (Å²) in [6.45, 7) is 4.74. The minimum Gasteiger partial charge on any atom is -0.361 e. The van der Waals surface area contributed by atoms with Crippen LogP contribution in [0.15, 0.2) is 22.7 Å². The van der Waals surface area contributed by atoms with Crippen molar-refractivity contribution in [2.75, 3.05) is 18.8 Å². The van der Waals surface area contributed by atoms with Crippen LogP contribution >= 0.6 is 11.8 Å². The first-order chi connectivity index (χ1) is 12.0. The first-order valence-electron chi connectivity index (χ1n) is 8.21. The van der Waals surface area contributed by atoms with E-state index in [1.807, 2.05) is 6.92 Å². The fourth-order valence-corrected chi connectivity index (χ4v) is 4.29. The summed E-state index contributed by atoms with van der Waals surface area (Å²) in [5, 5.41) is 3.73. The van der Waals surface area contributed by atoms with Crippen molar-refractivity contribution in [3.05, 3.63) is 52.4 Å². The van der Waals surface area contributed by atoms with Gasteiger partial charge < -0.3 is 9.42 Å². The van der Waals surface area contributed by atoms with E-state index in [2.05, 4.69) is 5.16 Å².